The molecule has 3 unspecified atom stereocenters. The summed E-state index contributed by atoms with van der Waals surface area (Å²) in [5, 5.41) is 2.95. The number of hydrogen-bond acceptors (Lipinski definition) is 4. The molecule has 36 heavy (non-hydrogen) atoms. The minimum Gasteiger partial charge on any atom is -0.343 e. The summed E-state index contributed by atoms with van der Waals surface area (Å²) >= 11 is 0. The van der Waals surface area contributed by atoms with Crippen molar-refractivity contribution in [3.05, 3.63) is 71.8 Å². The summed E-state index contributed by atoms with van der Waals surface area (Å²) in [4.78, 5) is 31.0. The van der Waals surface area contributed by atoms with Gasteiger partial charge in [0.1, 0.15) is 6.04 Å². The van der Waals surface area contributed by atoms with Crippen molar-refractivity contribution < 1.29 is 9.59 Å². The van der Waals surface area contributed by atoms with E-state index in [0.717, 1.165) is 32.5 Å². The van der Waals surface area contributed by atoms with Gasteiger partial charge >= 0.3 is 0 Å². The van der Waals surface area contributed by atoms with Crippen molar-refractivity contribution >= 4 is 11.8 Å². The number of amides is 2. The molecular weight excluding hydrogens is 448 g/mol. The number of likely N-dealkylation sites (tertiary alicyclic amines) is 2. The Labute approximate surface area is 216 Å². The molecule has 2 aliphatic heterocycles. The average molecular weight is 491 g/mol. The SMILES string of the molecule is CC(C)CC(NC(=O)C(C)N)C(=O)N1C[C@@H](c2ccccc2)C[C@H]1CN1CCC(c2ccccc2)C1. The van der Waals surface area contributed by atoms with Crippen LogP contribution in [-0.2, 0) is 9.59 Å². The molecule has 0 spiro atoms. The first kappa shape index (κ1) is 26.4. The summed E-state index contributed by atoms with van der Waals surface area (Å²) in [6.45, 7) is 9.45. The highest BCUT2D eigenvalue weighted by Crippen LogP contribution is 2.35. The van der Waals surface area contributed by atoms with Crippen LogP contribution in [0.5, 0.6) is 0 Å². The van der Waals surface area contributed by atoms with Crippen molar-refractivity contribution in [1.82, 2.24) is 15.1 Å². The molecule has 2 aromatic carbocycles. The second-order valence-corrected chi connectivity index (χ2v) is 11.1. The largest absolute Gasteiger partial charge is 0.343 e. The van der Waals surface area contributed by atoms with Crippen LogP contribution < -0.4 is 11.1 Å². The van der Waals surface area contributed by atoms with Gasteiger partial charge in [0.15, 0.2) is 0 Å². The molecular formula is C30H42N4O2. The highest BCUT2D eigenvalue weighted by atomic mass is 16.2. The van der Waals surface area contributed by atoms with E-state index in [2.05, 4.69) is 83.6 Å². The van der Waals surface area contributed by atoms with Crippen LogP contribution in [0, 0.1) is 5.92 Å². The third-order valence-corrected chi connectivity index (χ3v) is 7.72. The van der Waals surface area contributed by atoms with Crippen LogP contribution in [0.1, 0.15) is 63.0 Å². The summed E-state index contributed by atoms with van der Waals surface area (Å²) in [6, 6.07) is 20.2. The molecule has 0 aromatic heterocycles. The first-order chi connectivity index (χ1) is 17.3. The van der Waals surface area contributed by atoms with E-state index in [4.69, 9.17) is 5.73 Å². The van der Waals surface area contributed by atoms with E-state index in [9.17, 15) is 9.59 Å². The van der Waals surface area contributed by atoms with Crippen LogP contribution in [-0.4, -0.2) is 65.9 Å². The Hall–Kier alpha value is -2.70. The van der Waals surface area contributed by atoms with Crippen molar-refractivity contribution in [1.29, 1.82) is 0 Å². The van der Waals surface area contributed by atoms with E-state index in [1.807, 2.05) is 6.07 Å². The average Bonchev–Trinajstić information content (AvgIpc) is 3.51. The lowest BCUT2D eigenvalue weighted by atomic mass is 9.96. The standard InChI is InChI=1S/C30H42N4O2/c1-21(2)16-28(32-29(35)22(3)31)30(36)34-19-26(24-12-8-5-9-13-24)17-27(34)20-33-15-14-25(18-33)23-10-6-4-7-11-23/h4-13,21-22,25-28H,14-20,31H2,1-3H3,(H,32,35)/t22?,25?,26-,27-,28?/m0/s1. The second kappa shape index (κ2) is 12.0. The smallest absolute Gasteiger partial charge is 0.245 e. The molecule has 6 nitrogen and oxygen atoms in total. The third-order valence-electron chi connectivity index (χ3n) is 7.72. The van der Waals surface area contributed by atoms with Crippen molar-refractivity contribution in [2.24, 2.45) is 11.7 Å². The summed E-state index contributed by atoms with van der Waals surface area (Å²) in [5.41, 5.74) is 8.50. The third kappa shape index (κ3) is 6.54. The minimum atomic E-state index is -0.640. The maximum atomic E-state index is 13.9. The van der Waals surface area contributed by atoms with E-state index in [-0.39, 0.29) is 23.8 Å². The number of hydrogen-bond donors (Lipinski definition) is 2. The number of benzene rings is 2. The molecule has 0 radical (unpaired) electrons. The Kier molecular flexibility index (Phi) is 8.81. The van der Waals surface area contributed by atoms with Crippen LogP contribution in [0.2, 0.25) is 0 Å². The lowest BCUT2D eigenvalue weighted by molar-refractivity contribution is -0.138. The number of rotatable bonds is 9. The van der Waals surface area contributed by atoms with Gasteiger partial charge in [-0.3, -0.25) is 9.59 Å². The second-order valence-electron chi connectivity index (χ2n) is 11.1. The summed E-state index contributed by atoms with van der Waals surface area (Å²) in [7, 11) is 0. The zero-order chi connectivity index (χ0) is 25.7. The fourth-order valence-corrected chi connectivity index (χ4v) is 5.82. The van der Waals surface area contributed by atoms with Crippen molar-refractivity contribution in [2.75, 3.05) is 26.2 Å². The van der Waals surface area contributed by atoms with E-state index < -0.39 is 12.1 Å². The highest BCUT2D eigenvalue weighted by Gasteiger charge is 2.40. The molecule has 2 fully saturated rings. The molecule has 5 atom stereocenters. The van der Waals surface area contributed by atoms with Gasteiger partial charge in [0.25, 0.3) is 0 Å². The summed E-state index contributed by atoms with van der Waals surface area (Å²) < 4.78 is 0. The zero-order valence-corrected chi connectivity index (χ0v) is 22.0. The Morgan fingerprint density at radius 2 is 1.56 bits per heavy atom. The molecule has 2 heterocycles. The van der Waals surface area contributed by atoms with Crippen LogP contribution >= 0.6 is 0 Å². The lowest BCUT2D eigenvalue weighted by Crippen LogP contribution is -2.54. The van der Waals surface area contributed by atoms with Crippen LogP contribution in [0.3, 0.4) is 0 Å². The first-order valence-corrected chi connectivity index (χ1v) is 13.5. The van der Waals surface area contributed by atoms with Gasteiger partial charge in [-0.1, -0.05) is 74.5 Å². The van der Waals surface area contributed by atoms with E-state index in [1.54, 1.807) is 6.92 Å². The number of nitrogens with one attached hydrogen (secondary N) is 1. The molecule has 2 aliphatic rings. The van der Waals surface area contributed by atoms with Gasteiger partial charge in [-0.05, 0) is 55.7 Å². The maximum absolute atomic E-state index is 13.9. The van der Waals surface area contributed by atoms with E-state index >= 15 is 0 Å². The van der Waals surface area contributed by atoms with Crippen molar-refractivity contribution in [2.45, 2.75) is 70.0 Å². The number of nitrogens with zero attached hydrogens (tertiary/aromatic N) is 2. The number of carbonyl (C=O) groups is 2. The van der Waals surface area contributed by atoms with Crippen LogP contribution in [0.25, 0.3) is 0 Å². The van der Waals surface area contributed by atoms with Gasteiger partial charge in [-0.2, -0.15) is 0 Å². The summed E-state index contributed by atoms with van der Waals surface area (Å²) in [5.74, 6) is 0.884. The van der Waals surface area contributed by atoms with Gasteiger partial charge < -0.3 is 20.9 Å². The quantitative estimate of drug-likeness (QED) is 0.561. The molecule has 2 saturated heterocycles. The van der Waals surface area contributed by atoms with Crippen LogP contribution in [0.15, 0.2) is 60.7 Å². The zero-order valence-electron chi connectivity index (χ0n) is 22.0. The van der Waals surface area contributed by atoms with Gasteiger partial charge in [0.05, 0.1) is 6.04 Å². The lowest BCUT2D eigenvalue weighted by Gasteiger charge is -2.32. The molecule has 194 valence electrons. The predicted octanol–water partition coefficient (Wildman–Crippen LogP) is 3.74. The number of nitrogens with two attached hydrogens (primary N) is 1. The van der Waals surface area contributed by atoms with E-state index in [0.29, 0.717) is 24.8 Å². The molecule has 3 N–H and O–H groups in total. The van der Waals surface area contributed by atoms with Gasteiger partial charge in [-0.15, -0.1) is 0 Å². The topological polar surface area (TPSA) is 78.7 Å². The maximum Gasteiger partial charge on any atom is 0.245 e. The monoisotopic (exact) mass is 490 g/mol. The van der Waals surface area contributed by atoms with Gasteiger partial charge in [0.2, 0.25) is 11.8 Å². The van der Waals surface area contributed by atoms with E-state index in [1.165, 1.54) is 11.1 Å². The molecule has 6 heteroatoms. The normalized spacial score (nSPS) is 24.1. The molecule has 2 aromatic rings. The molecule has 0 aliphatic carbocycles. The first-order valence-electron chi connectivity index (χ1n) is 13.5. The Bertz CT molecular complexity index is 995. The molecule has 0 bridgehead atoms. The highest BCUT2D eigenvalue weighted by molar-refractivity contribution is 5.89. The van der Waals surface area contributed by atoms with Gasteiger partial charge in [0, 0.05) is 31.6 Å². The minimum absolute atomic E-state index is 0.0277. The molecule has 2 amide bonds. The fourth-order valence-electron chi connectivity index (χ4n) is 5.82. The van der Waals surface area contributed by atoms with Crippen LogP contribution in [0.4, 0.5) is 0 Å². The predicted molar refractivity (Wildman–Crippen MR) is 145 cm³/mol. The number of carbonyl (C=O) groups excluding carboxylic acids is 2. The van der Waals surface area contributed by atoms with Crippen molar-refractivity contribution in [3.8, 4) is 0 Å². The molecule has 0 saturated carbocycles. The Balaban J connectivity index is 1.51. The Morgan fingerprint density at radius 1 is 0.944 bits per heavy atom. The fraction of sp³-hybridized carbons (Fsp3) is 0.533. The van der Waals surface area contributed by atoms with Crippen molar-refractivity contribution in [3.63, 3.8) is 0 Å². The van der Waals surface area contributed by atoms with Gasteiger partial charge in [-0.25, -0.2) is 0 Å². The summed E-state index contributed by atoms with van der Waals surface area (Å²) in [6.07, 6.45) is 2.70. The molecule has 4 rings (SSSR count). The Morgan fingerprint density at radius 3 is 2.14 bits per heavy atom.